The van der Waals surface area contributed by atoms with E-state index in [0.29, 0.717) is 12.8 Å². The highest BCUT2D eigenvalue weighted by Crippen LogP contribution is 2.35. The smallest absolute Gasteiger partial charge is 0.303 e. The van der Waals surface area contributed by atoms with Crippen molar-refractivity contribution in [3.63, 3.8) is 0 Å². The van der Waals surface area contributed by atoms with Crippen LogP contribution in [0.15, 0.2) is 12.3 Å². The number of nitrogens with zero attached hydrogens (tertiary/aromatic N) is 1. The molecule has 0 radical (unpaired) electrons. The van der Waals surface area contributed by atoms with Crippen molar-refractivity contribution in [2.24, 2.45) is 13.0 Å². The molecule has 0 spiro atoms. The SMILES string of the molecule is Cn1ccc2c1CC(CCC(=O)O)CC2O. The van der Waals surface area contributed by atoms with Crippen LogP contribution < -0.4 is 0 Å². The Morgan fingerprint density at radius 1 is 1.62 bits per heavy atom. The van der Waals surface area contributed by atoms with Gasteiger partial charge in [0.15, 0.2) is 0 Å². The molecule has 88 valence electrons. The summed E-state index contributed by atoms with van der Waals surface area (Å²) in [5.41, 5.74) is 2.16. The third-order valence-electron chi connectivity index (χ3n) is 3.40. The molecule has 4 heteroatoms. The second-order valence-electron chi connectivity index (χ2n) is 4.58. The highest BCUT2D eigenvalue weighted by Gasteiger charge is 2.27. The van der Waals surface area contributed by atoms with Gasteiger partial charge >= 0.3 is 5.97 Å². The van der Waals surface area contributed by atoms with Crippen LogP contribution in [0.4, 0.5) is 0 Å². The number of aliphatic hydroxyl groups excluding tert-OH is 1. The van der Waals surface area contributed by atoms with Gasteiger partial charge < -0.3 is 14.8 Å². The van der Waals surface area contributed by atoms with Gasteiger partial charge in [-0.2, -0.15) is 0 Å². The van der Waals surface area contributed by atoms with Gasteiger partial charge in [-0.15, -0.1) is 0 Å². The normalized spacial score (nSPS) is 24.1. The fourth-order valence-corrected chi connectivity index (χ4v) is 2.49. The molecule has 0 amide bonds. The molecule has 1 aliphatic carbocycles. The molecule has 16 heavy (non-hydrogen) atoms. The van der Waals surface area contributed by atoms with E-state index in [0.717, 1.165) is 17.7 Å². The van der Waals surface area contributed by atoms with Crippen molar-refractivity contribution >= 4 is 5.97 Å². The molecule has 1 aliphatic rings. The van der Waals surface area contributed by atoms with E-state index < -0.39 is 12.1 Å². The Bertz CT molecular complexity index is 397. The molecule has 1 aromatic heterocycles. The van der Waals surface area contributed by atoms with E-state index in [9.17, 15) is 9.90 Å². The maximum absolute atomic E-state index is 10.5. The molecule has 2 atom stereocenters. The van der Waals surface area contributed by atoms with Gasteiger partial charge in [0.25, 0.3) is 0 Å². The molecule has 0 bridgehead atoms. The molecule has 2 unspecified atom stereocenters. The number of hydrogen-bond donors (Lipinski definition) is 2. The number of fused-ring (bicyclic) bond motifs is 1. The Balaban J connectivity index is 2.08. The number of carbonyl (C=O) groups is 1. The van der Waals surface area contributed by atoms with Crippen molar-refractivity contribution in [3.05, 3.63) is 23.5 Å². The molecule has 0 aromatic carbocycles. The first-order valence-corrected chi connectivity index (χ1v) is 5.62. The van der Waals surface area contributed by atoms with Gasteiger partial charge in [-0.25, -0.2) is 0 Å². The molecule has 2 N–H and O–H groups in total. The summed E-state index contributed by atoms with van der Waals surface area (Å²) in [6.45, 7) is 0. The molecular formula is C12H17NO3. The molecule has 0 aliphatic heterocycles. The van der Waals surface area contributed by atoms with Crippen molar-refractivity contribution in [2.45, 2.75) is 31.8 Å². The van der Waals surface area contributed by atoms with Crippen LogP contribution in [-0.4, -0.2) is 20.7 Å². The number of hydrogen-bond acceptors (Lipinski definition) is 2. The highest BCUT2D eigenvalue weighted by atomic mass is 16.4. The Morgan fingerprint density at radius 2 is 2.38 bits per heavy atom. The number of aryl methyl sites for hydroxylation is 1. The van der Waals surface area contributed by atoms with Gasteiger partial charge in [-0.1, -0.05) is 0 Å². The quantitative estimate of drug-likeness (QED) is 0.816. The Kier molecular flexibility index (Phi) is 3.01. The minimum atomic E-state index is -0.757. The second-order valence-corrected chi connectivity index (χ2v) is 4.58. The van der Waals surface area contributed by atoms with Crippen molar-refractivity contribution in [1.82, 2.24) is 4.57 Å². The molecule has 0 saturated heterocycles. The Morgan fingerprint density at radius 3 is 3.06 bits per heavy atom. The van der Waals surface area contributed by atoms with Crippen molar-refractivity contribution in [2.75, 3.05) is 0 Å². The van der Waals surface area contributed by atoms with Crippen LogP contribution in [-0.2, 0) is 18.3 Å². The van der Waals surface area contributed by atoms with E-state index in [2.05, 4.69) is 0 Å². The first-order valence-electron chi connectivity index (χ1n) is 5.62. The monoisotopic (exact) mass is 223 g/mol. The number of carboxylic acid groups (broad SMARTS) is 1. The lowest BCUT2D eigenvalue weighted by molar-refractivity contribution is -0.137. The first-order chi connectivity index (χ1) is 7.58. The number of rotatable bonds is 3. The maximum Gasteiger partial charge on any atom is 0.303 e. The van der Waals surface area contributed by atoms with Gasteiger partial charge in [0, 0.05) is 30.9 Å². The molecule has 0 saturated carbocycles. The van der Waals surface area contributed by atoms with Gasteiger partial charge in [0.05, 0.1) is 6.10 Å². The Labute approximate surface area is 94.5 Å². The summed E-state index contributed by atoms with van der Waals surface area (Å²) in [6.07, 6.45) is 3.93. The summed E-state index contributed by atoms with van der Waals surface area (Å²) >= 11 is 0. The number of aliphatic carboxylic acids is 1. The zero-order chi connectivity index (χ0) is 11.7. The fourth-order valence-electron chi connectivity index (χ4n) is 2.49. The van der Waals surface area contributed by atoms with E-state index in [1.165, 1.54) is 0 Å². The average molecular weight is 223 g/mol. The van der Waals surface area contributed by atoms with Gasteiger partial charge in [0.2, 0.25) is 0 Å². The molecule has 1 aromatic rings. The van der Waals surface area contributed by atoms with Crippen LogP contribution in [0.1, 0.15) is 36.6 Å². The van der Waals surface area contributed by atoms with Gasteiger partial charge in [0.1, 0.15) is 0 Å². The standard InChI is InChI=1S/C12H17NO3/c1-13-5-4-9-10(13)6-8(7-11(9)14)2-3-12(15)16/h4-5,8,11,14H,2-3,6-7H2,1H3,(H,15,16). The van der Waals surface area contributed by atoms with Gasteiger partial charge in [-0.05, 0) is 31.2 Å². The maximum atomic E-state index is 10.5. The fraction of sp³-hybridized carbons (Fsp3) is 0.583. The lowest BCUT2D eigenvalue weighted by Crippen LogP contribution is -2.20. The zero-order valence-electron chi connectivity index (χ0n) is 9.39. The lowest BCUT2D eigenvalue weighted by Gasteiger charge is -2.27. The van der Waals surface area contributed by atoms with E-state index in [4.69, 9.17) is 5.11 Å². The summed E-state index contributed by atoms with van der Waals surface area (Å²) < 4.78 is 2.02. The number of aromatic nitrogens is 1. The van der Waals surface area contributed by atoms with Crippen LogP contribution in [0.25, 0.3) is 0 Å². The molecule has 0 fully saturated rings. The lowest BCUT2D eigenvalue weighted by atomic mass is 9.83. The highest BCUT2D eigenvalue weighted by molar-refractivity contribution is 5.66. The molecule has 4 nitrogen and oxygen atoms in total. The third-order valence-corrected chi connectivity index (χ3v) is 3.40. The molecule has 2 rings (SSSR count). The largest absolute Gasteiger partial charge is 0.481 e. The van der Waals surface area contributed by atoms with E-state index >= 15 is 0 Å². The molecule has 1 heterocycles. The molecular weight excluding hydrogens is 206 g/mol. The van der Waals surface area contributed by atoms with E-state index in [1.54, 1.807) is 0 Å². The summed E-state index contributed by atoms with van der Waals surface area (Å²) in [7, 11) is 1.96. The summed E-state index contributed by atoms with van der Waals surface area (Å²) in [5.74, 6) is -0.473. The minimum Gasteiger partial charge on any atom is -0.481 e. The Hall–Kier alpha value is -1.29. The van der Waals surface area contributed by atoms with Crippen LogP contribution in [0.2, 0.25) is 0 Å². The van der Waals surface area contributed by atoms with Gasteiger partial charge in [-0.3, -0.25) is 4.79 Å². The van der Waals surface area contributed by atoms with Crippen LogP contribution in [0, 0.1) is 5.92 Å². The van der Waals surface area contributed by atoms with Crippen LogP contribution in [0.3, 0.4) is 0 Å². The summed E-state index contributed by atoms with van der Waals surface area (Å²) in [5, 5.41) is 18.6. The zero-order valence-corrected chi connectivity index (χ0v) is 9.39. The number of aliphatic hydroxyl groups is 1. The van der Waals surface area contributed by atoms with E-state index in [1.807, 2.05) is 23.9 Å². The minimum absolute atomic E-state index is 0.192. The van der Waals surface area contributed by atoms with Crippen LogP contribution >= 0.6 is 0 Å². The summed E-state index contributed by atoms with van der Waals surface area (Å²) in [4.78, 5) is 10.5. The number of carboxylic acids is 1. The van der Waals surface area contributed by atoms with Crippen molar-refractivity contribution in [1.29, 1.82) is 0 Å². The van der Waals surface area contributed by atoms with Crippen molar-refractivity contribution < 1.29 is 15.0 Å². The summed E-state index contributed by atoms with van der Waals surface area (Å²) in [6, 6.07) is 1.95. The van der Waals surface area contributed by atoms with Crippen molar-refractivity contribution in [3.8, 4) is 0 Å². The predicted molar refractivity (Wildman–Crippen MR) is 59.1 cm³/mol. The second kappa shape index (κ2) is 4.29. The third kappa shape index (κ3) is 2.11. The average Bonchev–Trinajstić information content (AvgIpc) is 2.58. The predicted octanol–water partition coefficient (Wildman–Crippen LogP) is 1.49. The first kappa shape index (κ1) is 11.2. The van der Waals surface area contributed by atoms with Crippen LogP contribution in [0.5, 0.6) is 0 Å². The topological polar surface area (TPSA) is 62.5 Å². The van der Waals surface area contributed by atoms with E-state index in [-0.39, 0.29) is 12.3 Å².